The number of hydrogen-bond donors (Lipinski definition) is 1. The topological polar surface area (TPSA) is 51.2 Å². The van der Waals surface area contributed by atoms with Gasteiger partial charge in [0, 0.05) is 0 Å². The predicted octanol–water partition coefficient (Wildman–Crippen LogP) is 4.30. The predicted molar refractivity (Wildman–Crippen MR) is 89.9 cm³/mol. The molecule has 1 aliphatic rings. The van der Waals surface area contributed by atoms with Crippen molar-refractivity contribution in [1.82, 2.24) is 10.3 Å². The molecule has 1 atom stereocenters. The summed E-state index contributed by atoms with van der Waals surface area (Å²) in [6, 6.07) is 9.25. The Kier molecular flexibility index (Phi) is 4.89. The highest BCUT2D eigenvalue weighted by atomic mass is 19.4. The quantitative estimate of drug-likeness (QED) is 0.861. The first kappa shape index (κ1) is 18.2. The van der Waals surface area contributed by atoms with Gasteiger partial charge in [-0.05, 0) is 55.5 Å². The fourth-order valence-corrected chi connectivity index (χ4v) is 2.89. The third-order valence-corrected chi connectivity index (χ3v) is 4.48. The number of hydrogen-bond acceptors (Lipinski definition) is 3. The molecule has 1 fully saturated rings. The van der Waals surface area contributed by atoms with Gasteiger partial charge in [-0.3, -0.25) is 4.79 Å². The largest absolute Gasteiger partial charge is 0.497 e. The number of methoxy groups -OCH3 is 1. The Morgan fingerprint density at radius 3 is 2.35 bits per heavy atom. The number of ether oxygens (including phenoxy) is 1. The molecule has 1 aliphatic carbocycles. The number of nitrogens with one attached hydrogen (secondary N) is 1. The van der Waals surface area contributed by atoms with E-state index in [2.05, 4.69) is 10.3 Å². The van der Waals surface area contributed by atoms with E-state index in [1.54, 1.807) is 7.11 Å². The number of carbonyl (C=O) groups excluding carboxylic acids is 1. The second kappa shape index (κ2) is 6.97. The van der Waals surface area contributed by atoms with Gasteiger partial charge in [0.05, 0.1) is 24.4 Å². The zero-order valence-corrected chi connectivity index (χ0v) is 14.4. The van der Waals surface area contributed by atoms with Gasteiger partial charge in [0.1, 0.15) is 11.4 Å². The van der Waals surface area contributed by atoms with Gasteiger partial charge >= 0.3 is 6.18 Å². The van der Waals surface area contributed by atoms with E-state index in [4.69, 9.17) is 4.74 Å². The molecule has 0 bridgehead atoms. The Balaban J connectivity index is 1.80. The molecular formula is C19H19F3N2O2. The molecule has 0 radical (unpaired) electrons. The van der Waals surface area contributed by atoms with Crippen molar-refractivity contribution < 1.29 is 22.7 Å². The Labute approximate surface area is 149 Å². The number of nitrogens with zero attached hydrogens (tertiary/aromatic N) is 1. The van der Waals surface area contributed by atoms with Crippen molar-refractivity contribution >= 4 is 5.91 Å². The zero-order valence-electron chi connectivity index (χ0n) is 14.4. The van der Waals surface area contributed by atoms with E-state index in [9.17, 15) is 18.0 Å². The molecule has 0 aliphatic heterocycles. The average molecular weight is 364 g/mol. The van der Waals surface area contributed by atoms with Crippen LogP contribution in [0.15, 0.2) is 36.4 Å². The summed E-state index contributed by atoms with van der Waals surface area (Å²) in [5.41, 5.74) is 0.151. The third kappa shape index (κ3) is 3.98. The summed E-state index contributed by atoms with van der Waals surface area (Å²) >= 11 is 0. The maximum atomic E-state index is 12.7. The van der Waals surface area contributed by atoms with Crippen LogP contribution < -0.4 is 10.1 Å². The SMILES string of the molecule is COc1ccc(C(NC(=O)c2ccc(C(F)(F)F)nc2C)C2CC2)cc1. The normalized spacial score (nSPS) is 15.4. The number of pyridine rings is 1. The van der Waals surface area contributed by atoms with Crippen LogP contribution in [0.4, 0.5) is 13.2 Å². The van der Waals surface area contributed by atoms with Gasteiger partial charge in [-0.15, -0.1) is 0 Å². The van der Waals surface area contributed by atoms with Gasteiger partial charge in [-0.2, -0.15) is 13.2 Å². The van der Waals surface area contributed by atoms with Crippen LogP contribution in [0.3, 0.4) is 0 Å². The standard InChI is InChI=1S/C19H19F3N2O2/c1-11-15(9-10-16(23-11)19(20,21)22)18(25)24-17(12-3-4-12)13-5-7-14(26-2)8-6-13/h5-10,12,17H,3-4H2,1-2H3,(H,24,25). The van der Waals surface area contributed by atoms with Gasteiger partial charge in [0.15, 0.2) is 0 Å². The van der Waals surface area contributed by atoms with E-state index >= 15 is 0 Å². The lowest BCUT2D eigenvalue weighted by atomic mass is 10.0. The van der Waals surface area contributed by atoms with Crippen LogP contribution in [0.2, 0.25) is 0 Å². The van der Waals surface area contributed by atoms with Crippen molar-refractivity contribution in [2.24, 2.45) is 5.92 Å². The van der Waals surface area contributed by atoms with Crippen molar-refractivity contribution in [3.05, 3.63) is 58.9 Å². The molecular weight excluding hydrogens is 345 g/mol. The van der Waals surface area contributed by atoms with E-state index in [0.717, 1.165) is 30.2 Å². The summed E-state index contributed by atoms with van der Waals surface area (Å²) in [5.74, 6) is 0.629. The Morgan fingerprint density at radius 1 is 1.19 bits per heavy atom. The summed E-state index contributed by atoms with van der Waals surface area (Å²) in [5, 5.41) is 2.95. The number of aryl methyl sites for hydroxylation is 1. The van der Waals surface area contributed by atoms with Crippen LogP contribution >= 0.6 is 0 Å². The number of carbonyl (C=O) groups is 1. The van der Waals surface area contributed by atoms with E-state index < -0.39 is 17.8 Å². The lowest BCUT2D eigenvalue weighted by Crippen LogP contribution is -2.30. The number of rotatable bonds is 5. The minimum Gasteiger partial charge on any atom is -0.497 e. The fraction of sp³-hybridized carbons (Fsp3) is 0.368. The molecule has 0 saturated heterocycles. The molecule has 1 N–H and O–H groups in total. The Hall–Kier alpha value is -2.57. The molecule has 138 valence electrons. The van der Waals surface area contributed by atoms with Crippen LogP contribution in [0.1, 0.15) is 46.2 Å². The fourth-order valence-electron chi connectivity index (χ4n) is 2.89. The zero-order chi connectivity index (χ0) is 18.9. The number of benzene rings is 1. The second-order valence-corrected chi connectivity index (χ2v) is 6.39. The van der Waals surface area contributed by atoms with Gasteiger partial charge in [0.2, 0.25) is 0 Å². The molecule has 1 aromatic carbocycles. The molecule has 0 spiro atoms. The Morgan fingerprint density at radius 2 is 1.85 bits per heavy atom. The third-order valence-electron chi connectivity index (χ3n) is 4.48. The summed E-state index contributed by atoms with van der Waals surface area (Å²) in [7, 11) is 1.58. The van der Waals surface area contributed by atoms with E-state index in [1.165, 1.54) is 13.0 Å². The summed E-state index contributed by atoms with van der Waals surface area (Å²) < 4.78 is 43.3. The molecule has 3 rings (SSSR count). The van der Waals surface area contributed by atoms with Gasteiger partial charge in [-0.25, -0.2) is 4.98 Å². The van der Waals surface area contributed by atoms with Crippen LogP contribution in [0.25, 0.3) is 0 Å². The average Bonchev–Trinajstić information content (AvgIpc) is 3.43. The van der Waals surface area contributed by atoms with Crippen LogP contribution in [-0.4, -0.2) is 18.0 Å². The lowest BCUT2D eigenvalue weighted by molar-refractivity contribution is -0.141. The first-order valence-electron chi connectivity index (χ1n) is 8.29. The van der Waals surface area contributed by atoms with Crippen molar-refractivity contribution in [3.63, 3.8) is 0 Å². The van der Waals surface area contributed by atoms with Crippen molar-refractivity contribution in [2.75, 3.05) is 7.11 Å². The Bertz CT molecular complexity index is 799. The van der Waals surface area contributed by atoms with Crippen LogP contribution in [0.5, 0.6) is 5.75 Å². The second-order valence-electron chi connectivity index (χ2n) is 6.39. The van der Waals surface area contributed by atoms with Crippen molar-refractivity contribution in [1.29, 1.82) is 0 Å². The molecule has 1 aromatic heterocycles. The van der Waals surface area contributed by atoms with Gasteiger partial charge in [0.25, 0.3) is 5.91 Å². The van der Waals surface area contributed by atoms with Crippen molar-refractivity contribution in [3.8, 4) is 5.75 Å². The smallest absolute Gasteiger partial charge is 0.433 e. The molecule has 1 unspecified atom stereocenters. The number of aromatic nitrogens is 1. The summed E-state index contributed by atoms with van der Waals surface area (Å²) in [6.45, 7) is 1.41. The first-order valence-corrected chi connectivity index (χ1v) is 8.29. The lowest BCUT2D eigenvalue weighted by Gasteiger charge is -2.20. The van der Waals surface area contributed by atoms with Crippen LogP contribution in [-0.2, 0) is 6.18 Å². The number of halogens is 3. The highest BCUT2D eigenvalue weighted by Crippen LogP contribution is 2.41. The number of amides is 1. The minimum atomic E-state index is -4.53. The molecule has 1 saturated carbocycles. The molecule has 1 heterocycles. The van der Waals surface area contributed by atoms with Crippen LogP contribution in [0, 0.1) is 12.8 Å². The molecule has 7 heteroatoms. The molecule has 4 nitrogen and oxygen atoms in total. The first-order chi connectivity index (χ1) is 12.3. The maximum absolute atomic E-state index is 12.7. The molecule has 1 amide bonds. The highest BCUT2D eigenvalue weighted by molar-refractivity contribution is 5.95. The minimum absolute atomic E-state index is 0.0570. The number of alkyl halides is 3. The van der Waals surface area contributed by atoms with E-state index in [1.807, 2.05) is 24.3 Å². The summed E-state index contributed by atoms with van der Waals surface area (Å²) in [6.07, 6.45) is -2.53. The van der Waals surface area contributed by atoms with E-state index in [0.29, 0.717) is 5.92 Å². The maximum Gasteiger partial charge on any atom is 0.433 e. The molecule has 2 aromatic rings. The molecule has 26 heavy (non-hydrogen) atoms. The summed E-state index contributed by atoms with van der Waals surface area (Å²) in [4.78, 5) is 16.1. The van der Waals surface area contributed by atoms with Gasteiger partial charge < -0.3 is 10.1 Å². The van der Waals surface area contributed by atoms with Gasteiger partial charge in [-0.1, -0.05) is 12.1 Å². The van der Waals surface area contributed by atoms with Crippen molar-refractivity contribution in [2.45, 2.75) is 32.0 Å². The van der Waals surface area contributed by atoms with E-state index in [-0.39, 0.29) is 17.3 Å². The highest BCUT2D eigenvalue weighted by Gasteiger charge is 2.35. The monoisotopic (exact) mass is 364 g/mol.